The molecule has 0 aromatic carbocycles. The monoisotopic (exact) mass is 257 g/mol. The van der Waals surface area contributed by atoms with Crippen LogP contribution in [0.4, 0.5) is 0 Å². The van der Waals surface area contributed by atoms with Crippen molar-refractivity contribution in [3.05, 3.63) is 64.3 Å². The highest BCUT2D eigenvalue weighted by Crippen LogP contribution is 2.02. The lowest BCUT2D eigenvalue weighted by molar-refractivity contribution is 0.329. The van der Waals surface area contributed by atoms with Crippen LogP contribution in [0.2, 0.25) is 0 Å². The van der Waals surface area contributed by atoms with Crippen molar-refractivity contribution in [2.45, 2.75) is 13.0 Å². The van der Waals surface area contributed by atoms with Crippen LogP contribution in [0.15, 0.2) is 47.5 Å². The molecule has 0 aliphatic carbocycles. The van der Waals surface area contributed by atoms with Gasteiger partial charge in [-0.1, -0.05) is 6.07 Å². The Hall–Kier alpha value is -1.94. The molecule has 2 aromatic rings. The summed E-state index contributed by atoms with van der Waals surface area (Å²) in [6.45, 7) is 1.70. The first-order valence-corrected chi connectivity index (χ1v) is 6.39. The van der Waals surface area contributed by atoms with Gasteiger partial charge in [-0.2, -0.15) is 0 Å². The molecule has 100 valence electrons. The Kier molecular flexibility index (Phi) is 4.47. The minimum Gasteiger partial charge on any atom is -0.319 e. The number of aromatic nitrogens is 2. The molecular formula is C15H19N3O. The fourth-order valence-electron chi connectivity index (χ4n) is 1.93. The number of aryl methyl sites for hydroxylation is 1. The molecule has 4 heteroatoms. The van der Waals surface area contributed by atoms with Crippen molar-refractivity contribution >= 4 is 0 Å². The van der Waals surface area contributed by atoms with E-state index >= 15 is 0 Å². The molecular weight excluding hydrogens is 238 g/mol. The highest BCUT2D eigenvalue weighted by molar-refractivity contribution is 5.10. The van der Waals surface area contributed by atoms with E-state index in [1.54, 1.807) is 17.7 Å². The second kappa shape index (κ2) is 6.29. The molecule has 0 amide bonds. The van der Waals surface area contributed by atoms with Crippen molar-refractivity contribution in [2.24, 2.45) is 7.05 Å². The number of pyridine rings is 2. The number of hydrogen-bond donors (Lipinski definition) is 0. The average molecular weight is 257 g/mol. The fraction of sp³-hybridized carbons (Fsp3) is 0.333. The zero-order chi connectivity index (χ0) is 13.7. The summed E-state index contributed by atoms with van der Waals surface area (Å²) < 4.78 is 1.58. The van der Waals surface area contributed by atoms with Crippen LogP contribution in [0, 0.1) is 0 Å². The number of likely N-dealkylation sites (N-methyl/N-ethyl adjacent to an activating group) is 1. The second-order valence-electron chi connectivity index (χ2n) is 4.79. The third kappa shape index (κ3) is 4.03. The van der Waals surface area contributed by atoms with E-state index in [1.807, 2.05) is 36.7 Å². The Morgan fingerprint density at radius 3 is 2.84 bits per heavy atom. The Balaban J connectivity index is 1.89. The maximum atomic E-state index is 11.5. The summed E-state index contributed by atoms with van der Waals surface area (Å²) in [5.74, 6) is 0. The van der Waals surface area contributed by atoms with Crippen LogP contribution >= 0.6 is 0 Å². The fourth-order valence-corrected chi connectivity index (χ4v) is 1.93. The van der Waals surface area contributed by atoms with Gasteiger partial charge in [0.2, 0.25) is 0 Å². The molecule has 0 spiro atoms. The van der Waals surface area contributed by atoms with Crippen LogP contribution in [0.3, 0.4) is 0 Å². The van der Waals surface area contributed by atoms with Gasteiger partial charge in [0.25, 0.3) is 5.56 Å². The number of rotatable bonds is 5. The van der Waals surface area contributed by atoms with Crippen molar-refractivity contribution in [3.8, 4) is 0 Å². The van der Waals surface area contributed by atoms with Gasteiger partial charge in [0.05, 0.1) is 0 Å². The van der Waals surface area contributed by atoms with E-state index in [4.69, 9.17) is 0 Å². The molecule has 0 unspecified atom stereocenters. The Labute approximate surface area is 113 Å². The van der Waals surface area contributed by atoms with Crippen molar-refractivity contribution in [1.29, 1.82) is 0 Å². The predicted molar refractivity (Wildman–Crippen MR) is 76.0 cm³/mol. The molecule has 0 radical (unpaired) electrons. The van der Waals surface area contributed by atoms with Crippen LogP contribution in [0.25, 0.3) is 0 Å². The molecule has 0 atom stereocenters. The normalized spacial score (nSPS) is 10.9. The maximum Gasteiger partial charge on any atom is 0.250 e. The highest BCUT2D eigenvalue weighted by Gasteiger charge is 2.02. The molecule has 0 saturated carbocycles. The van der Waals surface area contributed by atoms with E-state index in [0.717, 1.165) is 30.8 Å². The zero-order valence-corrected chi connectivity index (χ0v) is 11.4. The minimum absolute atomic E-state index is 0.0376. The molecule has 4 nitrogen and oxygen atoms in total. The summed E-state index contributed by atoms with van der Waals surface area (Å²) in [6, 6.07) is 9.64. The summed E-state index contributed by atoms with van der Waals surface area (Å²) in [4.78, 5) is 18.0. The molecule has 0 bridgehead atoms. The van der Waals surface area contributed by atoms with Crippen molar-refractivity contribution in [2.75, 3.05) is 13.6 Å². The molecule has 2 aromatic heterocycles. The van der Waals surface area contributed by atoms with Gasteiger partial charge in [-0.05, 0) is 30.8 Å². The predicted octanol–water partition coefficient (Wildman–Crippen LogP) is 1.45. The molecule has 0 saturated heterocycles. The quantitative estimate of drug-likeness (QED) is 0.814. The molecule has 2 rings (SSSR count). The SMILES string of the molecule is CN(CCc1ccccn1)Cc1ccn(C)c(=O)c1. The molecule has 2 heterocycles. The van der Waals surface area contributed by atoms with Gasteiger partial charge in [-0.15, -0.1) is 0 Å². The van der Waals surface area contributed by atoms with Crippen LogP contribution in [0.5, 0.6) is 0 Å². The standard InChI is InChI=1S/C15H19N3O/c1-17(9-7-14-5-3-4-8-16-14)12-13-6-10-18(2)15(19)11-13/h3-6,8,10-11H,7,9,12H2,1-2H3. The van der Waals surface area contributed by atoms with Gasteiger partial charge in [0, 0.05) is 50.7 Å². The molecule has 0 N–H and O–H groups in total. The zero-order valence-electron chi connectivity index (χ0n) is 11.4. The number of nitrogens with zero attached hydrogens (tertiary/aromatic N) is 3. The van der Waals surface area contributed by atoms with E-state index in [2.05, 4.69) is 16.9 Å². The van der Waals surface area contributed by atoms with Crippen molar-refractivity contribution in [1.82, 2.24) is 14.5 Å². The first-order valence-electron chi connectivity index (χ1n) is 6.39. The first-order chi connectivity index (χ1) is 9.15. The van der Waals surface area contributed by atoms with Crippen molar-refractivity contribution in [3.63, 3.8) is 0 Å². The van der Waals surface area contributed by atoms with Crippen LogP contribution in [-0.4, -0.2) is 28.0 Å². The lowest BCUT2D eigenvalue weighted by atomic mass is 10.2. The summed E-state index contributed by atoms with van der Waals surface area (Å²) >= 11 is 0. The molecule has 0 aliphatic rings. The highest BCUT2D eigenvalue weighted by atomic mass is 16.1. The maximum absolute atomic E-state index is 11.5. The second-order valence-corrected chi connectivity index (χ2v) is 4.79. The van der Waals surface area contributed by atoms with Gasteiger partial charge in [-0.25, -0.2) is 0 Å². The molecule has 0 aliphatic heterocycles. The third-order valence-electron chi connectivity index (χ3n) is 3.10. The van der Waals surface area contributed by atoms with E-state index in [9.17, 15) is 4.79 Å². The Morgan fingerprint density at radius 1 is 1.32 bits per heavy atom. The Bertz CT molecular complexity index is 577. The lowest BCUT2D eigenvalue weighted by Crippen LogP contribution is -2.23. The van der Waals surface area contributed by atoms with Crippen molar-refractivity contribution < 1.29 is 0 Å². The van der Waals surface area contributed by atoms with E-state index < -0.39 is 0 Å². The lowest BCUT2D eigenvalue weighted by Gasteiger charge is -2.16. The van der Waals surface area contributed by atoms with Gasteiger partial charge in [0.1, 0.15) is 0 Å². The van der Waals surface area contributed by atoms with E-state index in [0.29, 0.717) is 0 Å². The summed E-state index contributed by atoms with van der Waals surface area (Å²) in [5.41, 5.74) is 2.18. The number of hydrogen-bond acceptors (Lipinski definition) is 3. The average Bonchev–Trinajstić information content (AvgIpc) is 2.42. The Morgan fingerprint density at radius 2 is 2.16 bits per heavy atom. The van der Waals surface area contributed by atoms with Gasteiger partial charge < -0.3 is 9.47 Å². The van der Waals surface area contributed by atoms with Gasteiger partial charge in [-0.3, -0.25) is 9.78 Å². The van der Waals surface area contributed by atoms with Crippen LogP contribution in [0.1, 0.15) is 11.3 Å². The summed E-state index contributed by atoms with van der Waals surface area (Å²) in [6.07, 6.45) is 4.54. The summed E-state index contributed by atoms with van der Waals surface area (Å²) in [7, 11) is 3.82. The summed E-state index contributed by atoms with van der Waals surface area (Å²) in [5, 5.41) is 0. The van der Waals surface area contributed by atoms with E-state index in [-0.39, 0.29) is 5.56 Å². The van der Waals surface area contributed by atoms with Gasteiger partial charge in [0.15, 0.2) is 0 Å². The largest absolute Gasteiger partial charge is 0.319 e. The minimum atomic E-state index is 0.0376. The molecule has 0 fully saturated rings. The van der Waals surface area contributed by atoms with Gasteiger partial charge >= 0.3 is 0 Å². The van der Waals surface area contributed by atoms with Crippen LogP contribution < -0.4 is 5.56 Å². The molecule has 19 heavy (non-hydrogen) atoms. The smallest absolute Gasteiger partial charge is 0.250 e. The van der Waals surface area contributed by atoms with E-state index in [1.165, 1.54) is 0 Å². The topological polar surface area (TPSA) is 38.1 Å². The van der Waals surface area contributed by atoms with Crippen LogP contribution in [-0.2, 0) is 20.0 Å². The first kappa shape index (κ1) is 13.5. The third-order valence-corrected chi connectivity index (χ3v) is 3.10.